The zero-order chi connectivity index (χ0) is 9.68. The molecular formula is C8H17N3OS. The zero-order valence-corrected chi connectivity index (χ0v) is 8.48. The van der Waals surface area contributed by atoms with Crippen molar-refractivity contribution < 1.29 is 4.79 Å². The maximum Gasteiger partial charge on any atom is 0.235 e. The van der Waals surface area contributed by atoms with Crippen LogP contribution in [0.4, 0.5) is 0 Å². The van der Waals surface area contributed by atoms with Crippen molar-refractivity contribution in [3.63, 3.8) is 0 Å². The van der Waals surface area contributed by atoms with E-state index in [-0.39, 0.29) is 0 Å². The number of thioether (sulfide) groups is 1. The average molecular weight is 203 g/mol. The van der Waals surface area contributed by atoms with Crippen LogP contribution in [0.25, 0.3) is 0 Å². The predicted octanol–water partition coefficient (Wildman–Crippen LogP) is -0.716. The highest BCUT2D eigenvalue weighted by molar-refractivity contribution is 8.00. The number of hydrogen-bond donors (Lipinski definition) is 3. The molecule has 0 saturated carbocycles. The molecule has 1 saturated heterocycles. The molecule has 5 N–H and O–H groups in total. The lowest BCUT2D eigenvalue weighted by Gasteiger charge is -2.12. The van der Waals surface area contributed by atoms with Crippen molar-refractivity contribution in [1.29, 1.82) is 0 Å². The maximum atomic E-state index is 10.6. The van der Waals surface area contributed by atoms with E-state index in [1.54, 1.807) is 0 Å². The van der Waals surface area contributed by atoms with Crippen LogP contribution in [0.1, 0.15) is 12.8 Å². The predicted molar refractivity (Wildman–Crippen MR) is 55.5 cm³/mol. The largest absolute Gasteiger partial charge is 0.368 e. The molecule has 1 fully saturated rings. The molecule has 2 unspecified atom stereocenters. The first-order valence-corrected chi connectivity index (χ1v) is 5.62. The van der Waals surface area contributed by atoms with E-state index in [2.05, 4.69) is 5.32 Å². The third kappa shape index (κ3) is 3.97. The van der Waals surface area contributed by atoms with Crippen molar-refractivity contribution in [2.75, 3.05) is 18.8 Å². The topological polar surface area (TPSA) is 81.1 Å². The van der Waals surface area contributed by atoms with Gasteiger partial charge in [-0.25, -0.2) is 0 Å². The number of rotatable bonds is 5. The summed E-state index contributed by atoms with van der Waals surface area (Å²) < 4.78 is 0. The van der Waals surface area contributed by atoms with Crippen molar-refractivity contribution in [2.45, 2.75) is 24.1 Å². The fraction of sp³-hybridized carbons (Fsp3) is 0.875. The molecule has 76 valence electrons. The van der Waals surface area contributed by atoms with E-state index in [9.17, 15) is 4.79 Å². The Balaban J connectivity index is 2.02. The van der Waals surface area contributed by atoms with Crippen LogP contribution in [0.5, 0.6) is 0 Å². The minimum Gasteiger partial charge on any atom is -0.368 e. The molecular weight excluding hydrogens is 186 g/mol. The maximum absolute atomic E-state index is 10.6. The van der Waals surface area contributed by atoms with Gasteiger partial charge in [0.2, 0.25) is 5.91 Å². The Kier molecular flexibility index (Phi) is 4.55. The monoisotopic (exact) mass is 203 g/mol. The van der Waals surface area contributed by atoms with Gasteiger partial charge in [-0.3, -0.25) is 4.79 Å². The van der Waals surface area contributed by atoms with E-state index in [1.807, 2.05) is 11.8 Å². The quantitative estimate of drug-likeness (QED) is 0.551. The number of carbonyl (C=O) groups excluding carboxylic acids is 1. The molecule has 1 aliphatic rings. The van der Waals surface area contributed by atoms with E-state index >= 15 is 0 Å². The van der Waals surface area contributed by atoms with Gasteiger partial charge < -0.3 is 16.8 Å². The van der Waals surface area contributed by atoms with Gasteiger partial charge in [0.25, 0.3) is 0 Å². The van der Waals surface area contributed by atoms with Gasteiger partial charge in [-0.05, 0) is 18.6 Å². The van der Waals surface area contributed by atoms with E-state index in [1.165, 1.54) is 18.6 Å². The lowest BCUT2D eigenvalue weighted by Crippen LogP contribution is -2.45. The molecule has 0 aromatic heterocycles. The van der Waals surface area contributed by atoms with Gasteiger partial charge >= 0.3 is 0 Å². The molecule has 1 heterocycles. The summed E-state index contributed by atoms with van der Waals surface area (Å²) in [6, 6.07) is -0.550. The summed E-state index contributed by atoms with van der Waals surface area (Å²) >= 11 is 1.98. The van der Waals surface area contributed by atoms with E-state index in [4.69, 9.17) is 11.5 Å². The Morgan fingerprint density at radius 1 is 1.69 bits per heavy atom. The fourth-order valence-electron chi connectivity index (χ4n) is 1.31. The summed E-state index contributed by atoms with van der Waals surface area (Å²) in [5.74, 6) is 0.820. The second-order valence-electron chi connectivity index (χ2n) is 3.30. The normalized spacial score (nSPS) is 24.5. The van der Waals surface area contributed by atoms with Gasteiger partial charge in [-0.1, -0.05) is 0 Å². The molecule has 13 heavy (non-hydrogen) atoms. The molecule has 1 rings (SSSR count). The molecule has 2 atom stereocenters. The smallest absolute Gasteiger partial charge is 0.235 e. The van der Waals surface area contributed by atoms with E-state index < -0.39 is 11.9 Å². The molecule has 1 amide bonds. The third-order valence-electron chi connectivity index (χ3n) is 2.13. The summed E-state index contributed by atoms with van der Waals surface area (Å²) in [5.41, 5.74) is 10.5. The summed E-state index contributed by atoms with van der Waals surface area (Å²) in [6.07, 6.45) is 2.57. The molecule has 0 aromatic carbocycles. The number of carbonyl (C=O) groups is 1. The van der Waals surface area contributed by atoms with Crippen LogP contribution in [-0.2, 0) is 4.79 Å². The van der Waals surface area contributed by atoms with Crippen molar-refractivity contribution in [1.82, 2.24) is 5.32 Å². The van der Waals surface area contributed by atoms with Gasteiger partial charge in [0, 0.05) is 18.3 Å². The summed E-state index contributed by atoms with van der Waals surface area (Å²) in [5, 5.41) is 3.86. The van der Waals surface area contributed by atoms with Gasteiger partial charge in [0.1, 0.15) is 0 Å². The Labute approximate surface area is 82.8 Å². The Bertz CT molecular complexity index is 171. The van der Waals surface area contributed by atoms with Gasteiger partial charge in [0.05, 0.1) is 6.04 Å². The van der Waals surface area contributed by atoms with Crippen molar-refractivity contribution in [2.24, 2.45) is 11.5 Å². The average Bonchev–Trinajstić information content (AvgIpc) is 2.56. The summed E-state index contributed by atoms with van der Waals surface area (Å²) in [6.45, 7) is 1.43. The lowest BCUT2D eigenvalue weighted by molar-refractivity contribution is -0.119. The highest BCUT2D eigenvalue weighted by atomic mass is 32.2. The highest BCUT2D eigenvalue weighted by Crippen LogP contribution is 2.24. The first kappa shape index (κ1) is 10.8. The van der Waals surface area contributed by atoms with Crippen molar-refractivity contribution >= 4 is 17.7 Å². The zero-order valence-electron chi connectivity index (χ0n) is 7.66. The third-order valence-corrected chi connectivity index (χ3v) is 3.52. The Hall–Kier alpha value is -0.260. The molecule has 4 nitrogen and oxygen atoms in total. The highest BCUT2D eigenvalue weighted by Gasteiger charge is 2.15. The molecule has 1 aliphatic heterocycles. The summed E-state index contributed by atoms with van der Waals surface area (Å²) in [7, 11) is 0. The minimum atomic E-state index is -0.550. The number of nitrogens with two attached hydrogens (primary N) is 2. The van der Waals surface area contributed by atoms with E-state index in [0.717, 1.165) is 6.54 Å². The number of hydrogen-bond acceptors (Lipinski definition) is 4. The second kappa shape index (κ2) is 5.47. The number of amides is 1. The molecule has 5 heteroatoms. The summed E-state index contributed by atoms with van der Waals surface area (Å²) in [4.78, 5) is 10.6. The Morgan fingerprint density at radius 3 is 3.00 bits per heavy atom. The van der Waals surface area contributed by atoms with Crippen molar-refractivity contribution in [3.05, 3.63) is 0 Å². The molecule has 0 spiro atoms. The van der Waals surface area contributed by atoms with Crippen LogP contribution in [0.15, 0.2) is 0 Å². The van der Waals surface area contributed by atoms with Gasteiger partial charge in [-0.2, -0.15) is 11.8 Å². The van der Waals surface area contributed by atoms with Crippen LogP contribution in [0, 0.1) is 0 Å². The number of primary amides is 1. The molecule has 0 bridgehead atoms. The SMILES string of the molecule is NC(=O)C(N)CNCC1CCCS1. The van der Waals surface area contributed by atoms with Crippen LogP contribution in [0.2, 0.25) is 0 Å². The molecule has 0 radical (unpaired) electrons. The first-order chi connectivity index (χ1) is 6.20. The molecule has 0 aliphatic carbocycles. The first-order valence-electron chi connectivity index (χ1n) is 4.57. The number of nitrogens with one attached hydrogen (secondary N) is 1. The van der Waals surface area contributed by atoms with Crippen LogP contribution >= 0.6 is 11.8 Å². The Morgan fingerprint density at radius 2 is 2.46 bits per heavy atom. The fourth-order valence-corrected chi connectivity index (χ4v) is 2.54. The minimum absolute atomic E-state index is 0.438. The van der Waals surface area contributed by atoms with Crippen LogP contribution in [0.3, 0.4) is 0 Å². The van der Waals surface area contributed by atoms with Gasteiger partial charge in [0.15, 0.2) is 0 Å². The van der Waals surface area contributed by atoms with Crippen LogP contribution in [-0.4, -0.2) is 36.0 Å². The van der Waals surface area contributed by atoms with Gasteiger partial charge in [-0.15, -0.1) is 0 Å². The lowest BCUT2D eigenvalue weighted by atomic mass is 10.2. The van der Waals surface area contributed by atoms with Crippen molar-refractivity contribution in [3.8, 4) is 0 Å². The van der Waals surface area contributed by atoms with Crippen LogP contribution < -0.4 is 16.8 Å². The van der Waals surface area contributed by atoms with E-state index in [0.29, 0.717) is 11.8 Å². The standard InChI is InChI=1S/C8H17N3OS/c9-7(8(10)12)5-11-4-6-2-1-3-13-6/h6-7,11H,1-5,9H2,(H2,10,12). The second-order valence-corrected chi connectivity index (χ2v) is 4.71. The molecule has 0 aromatic rings.